The first-order valence-electron chi connectivity index (χ1n) is 5.00. The molecule has 4 heteroatoms. The maximum Gasteiger partial charge on any atom is 0.230 e. The van der Waals surface area contributed by atoms with Gasteiger partial charge in [0.2, 0.25) is 5.91 Å². The van der Waals surface area contributed by atoms with Gasteiger partial charge in [0.05, 0.1) is 5.75 Å². The molecule has 0 aliphatic carbocycles. The minimum atomic E-state index is 0.0936. The van der Waals surface area contributed by atoms with Crippen LogP contribution < -0.4 is 5.32 Å². The van der Waals surface area contributed by atoms with Gasteiger partial charge in [0.25, 0.3) is 0 Å². The van der Waals surface area contributed by atoms with Crippen molar-refractivity contribution in [3.63, 3.8) is 0 Å². The average molecular weight is 226 g/mol. The van der Waals surface area contributed by atoms with E-state index in [2.05, 4.69) is 31.1 Å². The maximum atomic E-state index is 11.4. The summed E-state index contributed by atoms with van der Waals surface area (Å²) in [4.78, 5) is 14.4. The zero-order valence-electron chi connectivity index (χ0n) is 9.46. The molecule has 3 nitrogen and oxygen atoms in total. The molecule has 0 saturated heterocycles. The summed E-state index contributed by atoms with van der Waals surface area (Å²) in [6.45, 7) is 6.93. The summed E-state index contributed by atoms with van der Waals surface area (Å²) < 4.78 is 0.144. The van der Waals surface area contributed by atoms with Gasteiger partial charge in [-0.2, -0.15) is 0 Å². The smallest absolute Gasteiger partial charge is 0.230 e. The Bertz CT molecular complexity index is 301. The number of aromatic nitrogens is 1. The molecule has 1 aromatic heterocycles. The Morgan fingerprint density at radius 1 is 1.53 bits per heavy atom. The molecule has 0 spiro atoms. The van der Waals surface area contributed by atoms with Crippen LogP contribution in [0, 0.1) is 0 Å². The summed E-state index contributed by atoms with van der Waals surface area (Å²) in [5.41, 5.74) is 1.10. The van der Waals surface area contributed by atoms with E-state index in [1.54, 1.807) is 11.8 Å². The van der Waals surface area contributed by atoms with Crippen LogP contribution >= 0.6 is 11.8 Å². The number of nitrogens with one attached hydrogen (secondary N) is 2. The van der Waals surface area contributed by atoms with Crippen LogP contribution in [0.3, 0.4) is 0 Å². The third-order valence-electron chi connectivity index (χ3n) is 1.79. The highest BCUT2D eigenvalue weighted by Crippen LogP contribution is 2.22. The summed E-state index contributed by atoms with van der Waals surface area (Å²) >= 11 is 1.66. The molecule has 1 rings (SSSR count). The lowest BCUT2D eigenvalue weighted by molar-refractivity contribution is -0.118. The monoisotopic (exact) mass is 226 g/mol. The molecule has 1 aromatic rings. The second-order valence-corrected chi connectivity index (χ2v) is 6.20. The summed E-state index contributed by atoms with van der Waals surface area (Å²) in [6.07, 6.45) is 3.74. The van der Waals surface area contributed by atoms with Gasteiger partial charge in [-0.1, -0.05) is 20.8 Å². The van der Waals surface area contributed by atoms with Crippen LogP contribution in [0.5, 0.6) is 0 Å². The Labute approximate surface area is 95.0 Å². The zero-order valence-corrected chi connectivity index (χ0v) is 10.3. The van der Waals surface area contributed by atoms with Gasteiger partial charge >= 0.3 is 0 Å². The lowest BCUT2D eigenvalue weighted by atomic mass is 10.3. The van der Waals surface area contributed by atoms with E-state index < -0.39 is 0 Å². The normalized spacial score (nSPS) is 11.4. The van der Waals surface area contributed by atoms with Crippen molar-refractivity contribution in [2.75, 3.05) is 5.75 Å². The highest BCUT2D eigenvalue weighted by molar-refractivity contribution is 8.01. The molecule has 0 unspecified atom stereocenters. The Balaban J connectivity index is 2.20. The van der Waals surface area contributed by atoms with Crippen molar-refractivity contribution in [3.05, 3.63) is 24.0 Å². The lowest BCUT2D eigenvalue weighted by Gasteiger charge is -2.16. The number of amides is 1. The van der Waals surface area contributed by atoms with E-state index >= 15 is 0 Å². The third kappa shape index (κ3) is 5.52. The number of carbonyl (C=O) groups is 1. The Kier molecular flexibility index (Phi) is 4.27. The van der Waals surface area contributed by atoms with Crippen molar-refractivity contribution in [1.29, 1.82) is 0 Å². The van der Waals surface area contributed by atoms with E-state index in [0.29, 0.717) is 12.3 Å². The van der Waals surface area contributed by atoms with Crippen LogP contribution in [0.4, 0.5) is 0 Å². The van der Waals surface area contributed by atoms with Gasteiger partial charge in [-0.15, -0.1) is 11.8 Å². The molecule has 1 heterocycles. The summed E-state index contributed by atoms with van der Waals surface area (Å²) in [7, 11) is 0. The number of aromatic amines is 1. The molecule has 84 valence electrons. The summed E-state index contributed by atoms with van der Waals surface area (Å²) in [6, 6.07) is 1.96. The minimum absolute atomic E-state index is 0.0936. The summed E-state index contributed by atoms with van der Waals surface area (Å²) in [5.74, 6) is 0.615. The van der Waals surface area contributed by atoms with E-state index in [-0.39, 0.29) is 10.7 Å². The first kappa shape index (κ1) is 12.2. The number of hydrogen-bond donors (Lipinski definition) is 2. The number of thioether (sulfide) groups is 1. The molecule has 0 aliphatic heterocycles. The van der Waals surface area contributed by atoms with Crippen LogP contribution in [0.25, 0.3) is 0 Å². The van der Waals surface area contributed by atoms with Crippen molar-refractivity contribution in [1.82, 2.24) is 10.3 Å². The first-order chi connectivity index (χ1) is 6.97. The average Bonchev–Trinajstić information content (AvgIpc) is 2.62. The van der Waals surface area contributed by atoms with Crippen LogP contribution in [0.1, 0.15) is 26.3 Å². The molecule has 2 N–H and O–H groups in total. The van der Waals surface area contributed by atoms with Crippen molar-refractivity contribution in [3.8, 4) is 0 Å². The predicted molar refractivity (Wildman–Crippen MR) is 64.9 cm³/mol. The topological polar surface area (TPSA) is 44.9 Å². The minimum Gasteiger partial charge on any atom is -0.367 e. The molecule has 0 aromatic carbocycles. The molecule has 1 amide bonds. The van der Waals surface area contributed by atoms with Gasteiger partial charge in [-0.25, -0.2) is 0 Å². The number of hydrogen-bond acceptors (Lipinski definition) is 2. The fourth-order valence-corrected chi connectivity index (χ4v) is 1.67. The second kappa shape index (κ2) is 5.26. The van der Waals surface area contributed by atoms with Crippen LogP contribution in [-0.2, 0) is 11.3 Å². The zero-order chi connectivity index (χ0) is 11.3. The number of rotatable bonds is 4. The second-order valence-electron chi connectivity index (χ2n) is 4.40. The Hall–Kier alpha value is -0.900. The van der Waals surface area contributed by atoms with Crippen molar-refractivity contribution >= 4 is 17.7 Å². The highest BCUT2D eigenvalue weighted by Gasteiger charge is 2.12. The van der Waals surface area contributed by atoms with Gasteiger partial charge < -0.3 is 10.3 Å². The largest absolute Gasteiger partial charge is 0.367 e. The molecule has 0 radical (unpaired) electrons. The fraction of sp³-hybridized carbons (Fsp3) is 0.545. The van der Waals surface area contributed by atoms with Crippen LogP contribution in [0.2, 0.25) is 0 Å². The van der Waals surface area contributed by atoms with E-state index in [0.717, 1.165) is 5.56 Å². The molecule has 0 bridgehead atoms. The molecule has 15 heavy (non-hydrogen) atoms. The Morgan fingerprint density at radius 2 is 2.27 bits per heavy atom. The van der Waals surface area contributed by atoms with Crippen LogP contribution in [-0.4, -0.2) is 21.4 Å². The molecular formula is C11H18N2OS. The lowest BCUT2D eigenvalue weighted by Crippen LogP contribution is -2.26. The van der Waals surface area contributed by atoms with Crippen molar-refractivity contribution in [2.45, 2.75) is 32.1 Å². The van der Waals surface area contributed by atoms with E-state index in [4.69, 9.17) is 0 Å². The van der Waals surface area contributed by atoms with Crippen molar-refractivity contribution < 1.29 is 4.79 Å². The Morgan fingerprint density at radius 3 is 2.80 bits per heavy atom. The van der Waals surface area contributed by atoms with Gasteiger partial charge in [0, 0.05) is 23.7 Å². The SMILES string of the molecule is CC(C)(C)SCC(=O)NCc1cc[nH]c1. The molecule has 0 fully saturated rings. The van der Waals surface area contributed by atoms with Crippen LogP contribution in [0.15, 0.2) is 18.5 Å². The number of carbonyl (C=O) groups excluding carboxylic acids is 1. The standard InChI is InChI=1S/C11H18N2OS/c1-11(2,3)15-8-10(14)13-7-9-4-5-12-6-9/h4-6,12H,7-8H2,1-3H3,(H,13,14). The van der Waals surface area contributed by atoms with Crippen molar-refractivity contribution in [2.24, 2.45) is 0 Å². The fourth-order valence-electron chi connectivity index (χ4n) is 1.00. The third-order valence-corrected chi connectivity index (χ3v) is 3.06. The van der Waals surface area contributed by atoms with E-state index in [1.165, 1.54) is 0 Å². The van der Waals surface area contributed by atoms with Gasteiger partial charge in [-0.3, -0.25) is 4.79 Å². The first-order valence-corrected chi connectivity index (χ1v) is 5.98. The van der Waals surface area contributed by atoms with Gasteiger partial charge in [0.15, 0.2) is 0 Å². The summed E-state index contributed by atoms with van der Waals surface area (Å²) in [5, 5.41) is 2.88. The molecule has 0 atom stereocenters. The molecule has 0 aliphatic rings. The maximum absolute atomic E-state index is 11.4. The van der Waals surface area contributed by atoms with E-state index in [1.807, 2.05) is 18.5 Å². The molecular weight excluding hydrogens is 208 g/mol. The molecule has 0 saturated carbocycles. The predicted octanol–water partition coefficient (Wildman–Crippen LogP) is 2.16. The van der Waals surface area contributed by atoms with Gasteiger partial charge in [-0.05, 0) is 11.6 Å². The highest BCUT2D eigenvalue weighted by atomic mass is 32.2. The number of H-pyrrole nitrogens is 1. The van der Waals surface area contributed by atoms with Gasteiger partial charge in [0.1, 0.15) is 0 Å². The quantitative estimate of drug-likeness (QED) is 0.826. The van der Waals surface area contributed by atoms with E-state index in [9.17, 15) is 4.79 Å².